The molecule has 2 aromatic rings. The summed E-state index contributed by atoms with van der Waals surface area (Å²) >= 11 is 0. The summed E-state index contributed by atoms with van der Waals surface area (Å²) in [7, 11) is 1.24. The predicted octanol–water partition coefficient (Wildman–Crippen LogP) is 2.73. The molecule has 0 aliphatic carbocycles. The number of hydrogen-bond acceptors (Lipinski definition) is 5. The second-order valence-corrected chi connectivity index (χ2v) is 6.05. The molecule has 1 amide bonds. The van der Waals surface area contributed by atoms with Crippen molar-refractivity contribution in [1.82, 2.24) is 5.32 Å². The van der Waals surface area contributed by atoms with Crippen LogP contribution in [0.1, 0.15) is 27.0 Å². The summed E-state index contributed by atoms with van der Waals surface area (Å²) in [6, 6.07) is 10.4. The first-order valence-electron chi connectivity index (χ1n) is 8.00. The summed E-state index contributed by atoms with van der Waals surface area (Å²) < 4.78 is 4.77. The van der Waals surface area contributed by atoms with E-state index in [1.807, 2.05) is 19.9 Å². The summed E-state index contributed by atoms with van der Waals surface area (Å²) in [4.78, 5) is 34.8. The van der Waals surface area contributed by atoms with Gasteiger partial charge in [0.2, 0.25) is 0 Å². The summed E-state index contributed by atoms with van der Waals surface area (Å²) in [5, 5.41) is 13.4. The van der Waals surface area contributed by atoms with E-state index in [9.17, 15) is 19.7 Å². The normalized spacial score (nSPS) is 11.5. The Morgan fingerprint density at radius 1 is 1.12 bits per heavy atom. The third-order valence-electron chi connectivity index (χ3n) is 3.86. The van der Waals surface area contributed by atoms with Crippen molar-refractivity contribution in [3.63, 3.8) is 0 Å². The number of non-ortho nitro benzene ring substituents is 1. The van der Waals surface area contributed by atoms with Gasteiger partial charge in [0.1, 0.15) is 6.04 Å². The number of nitro groups is 1. The fraction of sp³-hybridized carbons (Fsp3) is 0.263. The molecule has 0 aromatic heterocycles. The highest BCUT2D eigenvalue weighted by Gasteiger charge is 2.23. The zero-order valence-electron chi connectivity index (χ0n) is 14.8. The quantitative estimate of drug-likeness (QED) is 0.487. The SMILES string of the molecule is COC(=O)[C@@H](Cc1ccc([N+](=O)[O-])cc1)NC(=O)c1cc(C)cc(C)c1. The number of nitro benzene ring substituents is 1. The minimum Gasteiger partial charge on any atom is -0.467 e. The molecule has 0 bridgehead atoms. The van der Waals surface area contributed by atoms with Gasteiger partial charge in [0.15, 0.2) is 0 Å². The predicted molar refractivity (Wildman–Crippen MR) is 96.0 cm³/mol. The first-order valence-corrected chi connectivity index (χ1v) is 8.00. The van der Waals surface area contributed by atoms with Crippen molar-refractivity contribution in [1.29, 1.82) is 0 Å². The van der Waals surface area contributed by atoms with Crippen molar-refractivity contribution in [3.05, 3.63) is 74.8 Å². The number of carbonyl (C=O) groups excluding carboxylic acids is 2. The van der Waals surface area contributed by atoms with E-state index in [1.54, 1.807) is 24.3 Å². The van der Waals surface area contributed by atoms with Crippen molar-refractivity contribution in [2.45, 2.75) is 26.3 Å². The van der Waals surface area contributed by atoms with E-state index >= 15 is 0 Å². The van der Waals surface area contributed by atoms with Crippen molar-refractivity contribution >= 4 is 17.6 Å². The van der Waals surface area contributed by atoms with Crippen LogP contribution in [0.2, 0.25) is 0 Å². The molecule has 136 valence electrons. The molecule has 0 fully saturated rings. The number of methoxy groups -OCH3 is 1. The summed E-state index contributed by atoms with van der Waals surface area (Å²) in [6.07, 6.45) is 0.168. The van der Waals surface area contributed by atoms with E-state index in [2.05, 4.69) is 5.32 Å². The highest BCUT2D eigenvalue weighted by molar-refractivity contribution is 5.97. The number of benzene rings is 2. The van der Waals surface area contributed by atoms with Gasteiger partial charge < -0.3 is 10.1 Å². The average Bonchev–Trinajstić information content (AvgIpc) is 2.60. The van der Waals surface area contributed by atoms with Gasteiger partial charge in [-0.2, -0.15) is 0 Å². The number of aryl methyl sites for hydroxylation is 2. The molecule has 2 aromatic carbocycles. The monoisotopic (exact) mass is 356 g/mol. The summed E-state index contributed by atoms with van der Waals surface area (Å²) in [6.45, 7) is 3.77. The molecule has 0 radical (unpaired) electrons. The first-order chi connectivity index (χ1) is 12.3. The molecule has 1 N–H and O–H groups in total. The molecule has 7 heteroatoms. The van der Waals surface area contributed by atoms with Crippen LogP contribution in [0.4, 0.5) is 5.69 Å². The van der Waals surface area contributed by atoms with Gasteiger partial charge in [-0.05, 0) is 31.5 Å². The van der Waals surface area contributed by atoms with Crippen LogP contribution in [0.3, 0.4) is 0 Å². The second kappa shape index (κ2) is 8.24. The van der Waals surface area contributed by atoms with Crippen LogP contribution < -0.4 is 5.32 Å². The highest BCUT2D eigenvalue weighted by atomic mass is 16.6. The number of rotatable bonds is 6. The zero-order chi connectivity index (χ0) is 19.3. The Balaban J connectivity index is 2.17. The number of nitrogens with zero attached hydrogens (tertiary/aromatic N) is 1. The maximum absolute atomic E-state index is 12.5. The van der Waals surface area contributed by atoms with E-state index in [4.69, 9.17) is 4.74 Å². The fourth-order valence-corrected chi connectivity index (χ4v) is 2.67. The Hall–Kier alpha value is -3.22. The van der Waals surface area contributed by atoms with Gasteiger partial charge in [-0.25, -0.2) is 4.79 Å². The minimum absolute atomic E-state index is 0.0392. The van der Waals surface area contributed by atoms with Gasteiger partial charge in [-0.15, -0.1) is 0 Å². The van der Waals surface area contributed by atoms with Crippen LogP contribution >= 0.6 is 0 Å². The molecule has 0 saturated heterocycles. The lowest BCUT2D eigenvalue weighted by Crippen LogP contribution is -2.43. The molecule has 0 spiro atoms. The highest BCUT2D eigenvalue weighted by Crippen LogP contribution is 2.14. The molecular weight excluding hydrogens is 336 g/mol. The van der Waals surface area contributed by atoms with Crippen molar-refractivity contribution in [2.24, 2.45) is 0 Å². The van der Waals surface area contributed by atoms with Crippen molar-refractivity contribution in [2.75, 3.05) is 7.11 Å². The molecule has 7 nitrogen and oxygen atoms in total. The maximum Gasteiger partial charge on any atom is 0.328 e. The molecule has 2 rings (SSSR count). The topological polar surface area (TPSA) is 98.5 Å². The Labute approximate surface area is 151 Å². The first kappa shape index (κ1) is 19.1. The Morgan fingerprint density at radius 3 is 2.19 bits per heavy atom. The van der Waals surface area contributed by atoms with E-state index in [-0.39, 0.29) is 18.0 Å². The van der Waals surface area contributed by atoms with E-state index in [0.29, 0.717) is 11.1 Å². The summed E-state index contributed by atoms with van der Waals surface area (Å²) in [5.41, 5.74) is 2.98. The lowest BCUT2D eigenvalue weighted by atomic mass is 10.0. The number of esters is 1. The van der Waals surface area contributed by atoms with Crippen LogP contribution in [-0.4, -0.2) is 30.0 Å². The van der Waals surface area contributed by atoms with Gasteiger partial charge in [0.25, 0.3) is 11.6 Å². The number of nitrogens with one attached hydrogen (secondary N) is 1. The third kappa shape index (κ3) is 4.89. The molecule has 0 aliphatic heterocycles. The van der Waals surface area contributed by atoms with Crippen molar-refractivity contribution in [3.8, 4) is 0 Å². The smallest absolute Gasteiger partial charge is 0.328 e. The van der Waals surface area contributed by atoms with Gasteiger partial charge in [-0.3, -0.25) is 14.9 Å². The standard InChI is InChI=1S/C19H20N2O5/c1-12-8-13(2)10-15(9-12)18(22)20-17(19(23)26-3)11-14-4-6-16(7-5-14)21(24)25/h4-10,17H,11H2,1-3H3,(H,20,22)/t17-/m1/s1. The molecular formula is C19H20N2O5. The van der Waals surface area contributed by atoms with E-state index in [0.717, 1.165) is 11.1 Å². The molecule has 0 heterocycles. The van der Waals surface area contributed by atoms with Crippen molar-refractivity contribution < 1.29 is 19.2 Å². The molecule has 1 atom stereocenters. The number of amides is 1. The van der Waals surface area contributed by atoms with E-state index < -0.39 is 16.9 Å². The Kier molecular flexibility index (Phi) is 6.06. The van der Waals surface area contributed by atoms with E-state index in [1.165, 1.54) is 19.2 Å². The second-order valence-electron chi connectivity index (χ2n) is 6.05. The Morgan fingerprint density at radius 2 is 1.69 bits per heavy atom. The molecule has 26 heavy (non-hydrogen) atoms. The third-order valence-corrected chi connectivity index (χ3v) is 3.86. The largest absolute Gasteiger partial charge is 0.467 e. The zero-order valence-corrected chi connectivity index (χ0v) is 14.8. The van der Waals surface area contributed by atoms with Crippen LogP contribution in [0, 0.1) is 24.0 Å². The average molecular weight is 356 g/mol. The maximum atomic E-state index is 12.5. The van der Waals surface area contributed by atoms with Crippen LogP contribution in [0.25, 0.3) is 0 Å². The van der Waals surface area contributed by atoms with Gasteiger partial charge in [0.05, 0.1) is 12.0 Å². The van der Waals surface area contributed by atoms with Crippen LogP contribution in [0.5, 0.6) is 0 Å². The summed E-state index contributed by atoms with van der Waals surface area (Å²) in [5.74, 6) is -0.963. The number of ether oxygens (including phenoxy) is 1. The molecule has 0 saturated carbocycles. The van der Waals surface area contributed by atoms with Gasteiger partial charge >= 0.3 is 5.97 Å². The number of carbonyl (C=O) groups is 2. The van der Waals surface area contributed by atoms with Crippen LogP contribution in [-0.2, 0) is 16.0 Å². The van der Waals surface area contributed by atoms with Gasteiger partial charge in [-0.1, -0.05) is 29.3 Å². The minimum atomic E-state index is -0.894. The Bertz CT molecular complexity index is 810. The lowest BCUT2D eigenvalue weighted by molar-refractivity contribution is -0.384. The van der Waals surface area contributed by atoms with Gasteiger partial charge in [0, 0.05) is 24.1 Å². The molecule has 0 aliphatic rings. The number of hydrogen-bond donors (Lipinski definition) is 1. The van der Waals surface area contributed by atoms with Crippen LogP contribution in [0.15, 0.2) is 42.5 Å². The molecule has 0 unspecified atom stereocenters. The fourth-order valence-electron chi connectivity index (χ4n) is 2.67. The lowest BCUT2D eigenvalue weighted by Gasteiger charge is -2.17.